The summed E-state index contributed by atoms with van der Waals surface area (Å²) in [6, 6.07) is 5.65. The Morgan fingerprint density at radius 2 is 2.17 bits per heavy atom. The molecule has 1 aromatic carbocycles. The van der Waals surface area contributed by atoms with E-state index in [1.54, 1.807) is 7.11 Å². The van der Waals surface area contributed by atoms with Gasteiger partial charge in [0.25, 0.3) is 0 Å². The summed E-state index contributed by atoms with van der Waals surface area (Å²) in [6.45, 7) is 1.94. The summed E-state index contributed by atoms with van der Waals surface area (Å²) < 4.78 is 5.12. The average Bonchev–Trinajstić information content (AvgIpc) is 2.04. The van der Waals surface area contributed by atoms with Gasteiger partial charge in [-0.15, -0.1) is 0 Å². The van der Waals surface area contributed by atoms with E-state index in [1.807, 2.05) is 25.1 Å². The van der Waals surface area contributed by atoms with Gasteiger partial charge in [0.2, 0.25) is 0 Å². The highest BCUT2D eigenvalue weighted by molar-refractivity contribution is 7.80. The second-order valence-corrected chi connectivity index (χ2v) is 2.94. The summed E-state index contributed by atoms with van der Waals surface area (Å²) in [7, 11) is 1.63. The molecule has 0 atom stereocenters. The van der Waals surface area contributed by atoms with Crippen LogP contribution < -0.4 is 10.5 Å². The summed E-state index contributed by atoms with van der Waals surface area (Å²) in [4.78, 5) is 0.409. The molecule has 0 bridgehead atoms. The highest BCUT2D eigenvalue weighted by atomic mass is 32.1. The van der Waals surface area contributed by atoms with Crippen molar-refractivity contribution in [3.05, 3.63) is 29.3 Å². The zero-order chi connectivity index (χ0) is 9.14. The summed E-state index contributed by atoms with van der Waals surface area (Å²) in [5, 5.41) is 0. The minimum absolute atomic E-state index is 0.409. The number of thiocarbonyl (C=S) groups is 1. The van der Waals surface area contributed by atoms with E-state index in [0.29, 0.717) is 4.99 Å². The number of benzene rings is 1. The maximum Gasteiger partial charge on any atom is 0.122 e. The van der Waals surface area contributed by atoms with Crippen molar-refractivity contribution in [2.75, 3.05) is 7.11 Å². The topological polar surface area (TPSA) is 35.2 Å². The van der Waals surface area contributed by atoms with Gasteiger partial charge in [-0.25, -0.2) is 0 Å². The molecule has 0 aliphatic heterocycles. The molecule has 0 aromatic heterocycles. The van der Waals surface area contributed by atoms with E-state index in [2.05, 4.69) is 0 Å². The SMILES string of the molecule is COc1cccc(C(N)=S)c1C. The number of nitrogens with two attached hydrogens (primary N) is 1. The second-order valence-electron chi connectivity index (χ2n) is 2.50. The van der Waals surface area contributed by atoms with E-state index < -0.39 is 0 Å². The highest BCUT2D eigenvalue weighted by Crippen LogP contribution is 2.20. The predicted octanol–water partition coefficient (Wildman–Crippen LogP) is 1.64. The van der Waals surface area contributed by atoms with Crippen LogP contribution in [0.1, 0.15) is 11.1 Å². The molecule has 2 nitrogen and oxygen atoms in total. The van der Waals surface area contributed by atoms with Crippen LogP contribution in [0.3, 0.4) is 0 Å². The van der Waals surface area contributed by atoms with Gasteiger partial charge in [-0.3, -0.25) is 0 Å². The Morgan fingerprint density at radius 3 is 2.67 bits per heavy atom. The smallest absolute Gasteiger partial charge is 0.122 e. The van der Waals surface area contributed by atoms with Crippen molar-refractivity contribution < 1.29 is 4.74 Å². The quantitative estimate of drug-likeness (QED) is 0.704. The molecule has 0 aliphatic carbocycles. The zero-order valence-electron chi connectivity index (χ0n) is 7.13. The lowest BCUT2D eigenvalue weighted by Gasteiger charge is -2.07. The van der Waals surface area contributed by atoms with Gasteiger partial charge in [-0.05, 0) is 13.0 Å². The van der Waals surface area contributed by atoms with E-state index in [1.165, 1.54) is 0 Å². The fraction of sp³-hybridized carbons (Fsp3) is 0.222. The molecule has 0 saturated heterocycles. The molecule has 0 saturated carbocycles. The first-order valence-electron chi connectivity index (χ1n) is 3.60. The molecule has 12 heavy (non-hydrogen) atoms. The van der Waals surface area contributed by atoms with E-state index in [-0.39, 0.29) is 0 Å². The van der Waals surface area contributed by atoms with Crippen LogP contribution >= 0.6 is 12.2 Å². The Hall–Kier alpha value is -1.09. The lowest BCUT2D eigenvalue weighted by atomic mass is 10.1. The monoisotopic (exact) mass is 181 g/mol. The molecule has 0 radical (unpaired) electrons. The highest BCUT2D eigenvalue weighted by Gasteiger charge is 2.04. The molecule has 0 amide bonds. The Morgan fingerprint density at radius 1 is 1.50 bits per heavy atom. The minimum Gasteiger partial charge on any atom is -0.496 e. The van der Waals surface area contributed by atoms with Gasteiger partial charge in [0.05, 0.1) is 7.11 Å². The molecule has 2 N–H and O–H groups in total. The number of hydrogen-bond donors (Lipinski definition) is 1. The molecule has 0 spiro atoms. The fourth-order valence-corrected chi connectivity index (χ4v) is 1.32. The van der Waals surface area contributed by atoms with Gasteiger partial charge in [0.15, 0.2) is 0 Å². The van der Waals surface area contributed by atoms with Crippen LogP contribution in [0.4, 0.5) is 0 Å². The third kappa shape index (κ3) is 1.56. The van der Waals surface area contributed by atoms with Crippen molar-refractivity contribution in [3.63, 3.8) is 0 Å². The van der Waals surface area contributed by atoms with Crippen LogP contribution in [0.2, 0.25) is 0 Å². The third-order valence-electron chi connectivity index (χ3n) is 1.77. The van der Waals surface area contributed by atoms with Gasteiger partial charge in [-0.2, -0.15) is 0 Å². The lowest BCUT2D eigenvalue weighted by Crippen LogP contribution is -2.11. The fourth-order valence-electron chi connectivity index (χ4n) is 1.10. The standard InChI is InChI=1S/C9H11NOS/c1-6-7(9(10)12)4-3-5-8(6)11-2/h3-5H,1-2H3,(H2,10,12). The lowest BCUT2D eigenvalue weighted by molar-refractivity contribution is 0.411. The molecule has 1 rings (SSSR count). The van der Waals surface area contributed by atoms with E-state index in [0.717, 1.165) is 16.9 Å². The molecule has 0 unspecified atom stereocenters. The largest absolute Gasteiger partial charge is 0.496 e. The molecule has 0 heterocycles. The Bertz CT molecular complexity index is 309. The van der Waals surface area contributed by atoms with Gasteiger partial charge in [0.1, 0.15) is 10.7 Å². The Balaban J connectivity index is 3.23. The maximum absolute atomic E-state index is 5.51. The number of hydrogen-bond acceptors (Lipinski definition) is 2. The van der Waals surface area contributed by atoms with E-state index in [4.69, 9.17) is 22.7 Å². The van der Waals surface area contributed by atoms with Crippen LogP contribution in [-0.2, 0) is 0 Å². The summed E-state index contributed by atoms with van der Waals surface area (Å²) >= 11 is 4.88. The van der Waals surface area contributed by atoms with Crippen LogP contribution in [0.25, 0.3) is 0 Å². The normalized spacial score (nSPS) is 9.50. The summed E-state index contributed by atoms with van der Waals surface area (Å²) in [6.07, 6.45) is 0. The predicted molar refractivity (Wildman–Crippen MR) is 53.6 cm³/mol. The van der Waals surface area contributed by atoms with Crippen LogP contribution in [0, 0.1) is 6.92 Å². The number of ether oxygens (including phenoxy) is 1. The maximum atomic E-state index is 5.51. The molecular weight excluding hydrogens is 170 g/mol. The van der Waals surface area contributed by atoms with Crippen molar-refractivity contribution in [3.8, 4) is 5.75 Å². The van der Waals surface area contributed by atoms with Crippen molar-refractivity contribution in [1.82, 2.24) is 0 Å². The zero-order valence-corrected chi connectivity index (χ0v) is 7.94. The molecule has 3 heteroatoms. The van der Waals surface area contributed by atoms with Gasteiger partial charge >= 0.3 is 0 Å². The first kappa shape index (κ1) is 9.00. The van der Waals surface area contributed by atoms with Crippen molar-refractivity contribution >= 4 is 17.2 Å². The second kappa shape index (κ2) is 3.54. The minimum atomic E-state index is 0.409. The third-order valence-corrected chi connectivity index (χ3v) is 1.99. The first-order chi connectivity index (χ1) is 5.66. The first-order valence-corrected chi connectivity index (χ1v) is 4.01. The number of methoxy groups -OCH3 is 1. The van der Waals surface area contributed by atoms with Gasteiger partial charge < -0.3 is 10.5 Å². The van der Waals surface area contributed by atoms with E-state index in [9.17, 15) is 0 Å². The summed E-state index contributed by atoms with van der Waals surface area (Å²) in [5.74, 6) is 0.820. The Labute approximate surface area is 77.3 Å². The number of rotatable bonds is 2. The Kier molecular flexibility index (Phi) is 2.65. The van der Waals surface area contributed by atoms with Crippen LogP contribution in [0.5, 0.6) is 5.75 Å². The molecule has 0 aliphatic rings. The summed E-state index contributed by atoms with van der Waals surface area (Å²) in [5.41, 5.74) is 7.39. The van der Waals surface area contributed by atoms with Gasteiger partial charge in [-0.1, -0.05) is 24.4 Å². The van der Waals surface area contributed by atoms with E-state index >= 15 is 0 Å². The molecular formula is C9H11NOS. The molecule has 64 valence electrons. The van der Waals surface area contributed by atoms with Crippen molar-refractivity contribution in [2.24, 2.45) is 5.73 Å². The van der Waals surface area contributed by atoms with Crippen molar-refractivity contribution in [2.45, 2.75) is 6.92 Å². The van der Waals surface area contributed by atoms with Crippen LogP contribution in [-0.4, -0.2) is 12.1 Å². The molecule has 0 fully saturated rings. The van der Waals surface area contributed by atoms with Gasteiger partial charge in [0, 0.05) is 11.1 Å². The van der Waals surface area contributed by atoms with Crippen molar-refractivity contribution in [1.29, 1.82) is 0 Å². The molecule has 1 aromatic rings. The van der Waals surface area contributed by atoms with Crippen LogP contribution in [0.15, 0.2) is 18.2 Å². The average molecular weight is 181 g/mol.